The number of benzene rings is 1. The second kappa shape index (κ2) is 4.02. The summed E-state index contributed by atoms with van der Waals surface area (Å²) >= 11 is 5.93. The normalized spacial score (nSPS) is 10.9. The molecule has 0 aliphatic heterocycles. The molecule has 70 valence electrons. The number of aromatic nitrogens is 3. The lowest BCUT2D eigenvalue weighted by molar-refractivity contribution is 0.743. The van der Waals surface area contributed by atoms with Gasteiger partial charge in [0, 0.05) is 10.6 Å². The highest BCUT2D eigenvalue weighted by molar-refractivity contribution is 6.33. The van der Waals surface area contributed by atoms with E-state index in [2.05, 4.69) is 15.2 Å². The molecule has 0 saturated carbocycles. The van der Waals surface area contributed by atoms with Crippen LogP contribution >= 0.6 is 11.6 Å². The predicted molar refractivity (Wildman–Crippen MR) is 54.5 cm³/mol. The van der Waals surface area contributed by atoms with Crippen LogP contribution in [0.4, 0.5) is 0 Å². The minimum Gasteiger partial charge on any atom is -0.221 e. The number of rotatable bonds is 2. The van der Waals surface area contributed by atoms with Crippen LogP contribution in [0.5, 0.6) is 0 Å². The monoisotopic (exact) mass is 206 g/mol. The molecule has 1 heterocycles. The lowest BCUT2D eigenvalue weighted by Crippen LogP contribution is -1.90. The Bertz CT molecular complexity index is 436. The summed E-state index contributed by atoms with van der Waals surface area (Å²) in [5.41, 5.74) is 0.852. The van der Waals surface area contributed by atoms with Crippen LogP contribution in [0.2, 0.25) is 5.02 Å². The van der Waals surface area contributed by atoms with E-state index in [1.807, 2.05) is 24.3 Å². The molecule has 0 amide bonds. The minimum atomic E-state index is 0.663. The molecule has 0 spiro atoms. The molecule has 1 aromatic carbocycles. The lowest BCUT2D eigenvalue weighted by Gasteiger charge is -1.94. The highest BCUT2D eigenvalue weighted by Crippen LogP contribution is 2.12. The van der Waals surface area contributed by atoms with Crippen molar-refractivity contribution in [3.63, 3.8) is 0 Å². The standard InChI is InChI=1S/C9H7ClN4/c10-9-4-2-1-3-8(9)5-12-14-7-11-6-13-14/h1-7H/b12-5+. The van der Waals surface area contributed by atoms with Crippen LogP contribution in [0.3, 0.4) is 0 Å². The number of hydrogen-bond donors (Lipinski definition) is 0. The number of hydrogen-bond acceptors (Lipinski definition) is 3. The molecular formula is C9H7ClN4. The fourth-order valence-electron chi connectivity index (χ4n) is 0.963. The van der Waals surface area contributed by atoms with Crippen molar-refractivity contribution in [2.75, 3.05) is 0 Å². The molecule has 5 heteroatoms. The maximum Gasteiger partial charge on any atom is 0.139 e. The zero-order valence-corrected chi connectivity index (χ0v) is 7.96. The Hall–Kier alpha value is -1.68. The van der Waals surface area contributed by atoms with E-state index < -0.39 is 0 Å². The second-order valence-corrected chi connectivity index (χ2v) is 2.99. The van der Waals surface area contributed by atoms with Gasteiger partial charge in [-0.25, -0.2) is 4.98 Å². The van der Waals surface area contributed by atoms with E-state index in [9.17, 15) is 0 Å². The topological polar surface area (TPSA) is 43.1 Å². The summed E-state index contributed by atoms with van der Waals surface area (Å²) in [7, 11) is 0. The maximum absolute atomic E-state index is 5.93. The van der Waals surface area contributed by atoms with Crippen molar-refractivity contribution in [1.82, 2.24) is 14.9 Å². The first kappa shape index (κ1) is 8.90. The van der Waals surface area contributed by atoms with E-state index in [1.165, 1.54) is 17.4 Å². The van der Waals surface area contributed by atoms with Gasteiger partial charge in [-0.15, -0.1) is 9.89 Å². The first-order valence-electron chi connectivity index (χ1n) is 4.00. The van der Waals surface area contributed by atoms with Crippen LogP contribution in [0.1, 0.15) is 5.56 Å². The van der Waals surface area contributed by atoms with Crippen molar-refractivity contribution in [2.24, 2.45) is 5.10 Å². The first-order valence-corrected chi connectivity index (χ1v) is 4.37. The minimum absolute atomic E-state index is 0.663. The molecule has 2 aromatic rings. The van der Waals surface area contributed by atoms with Crippen LogP contribution in [0.25, 0.3) is 0 Å². The Kier molecular flexibility index (Phi) is 2.55. The van der Waals surface area contributed by atoms with Gasteiger partial charge < -0.3 is 0 Å². The molecule has 2 rings (SSSR count). The van der Waals surface area contributed by atoms with Gasteiger partial charge in [0.15, 0.2) is 0 Å². The van der Waals surface area contributed by atoms with Crippen molar-refractivity contribution in [1.29, 1.82) is 0 Å². The van der Waals surface area contributed by atoms with Crippen LogP contribution < -0.4 is 0 Å². The summed E-state index contributed by atoms with van der Waals surface area (Å²) in [6.45, 7) is 0. The molecule has 0 aliphatic carbocycles. The molecule has 0 radical (unpaired) electrons. The van der Waals surface area contributed by atoms with Crippen molar-refractivity contribution >= 4 is 17.8 Å². The summed E-state index contributed by atoms with van der Waals surface area (Å²) in [5, 5.41) is 8.52. The Morgan fingerprint density at radius 2 is 2.21 bits per heavy atom. The summed E-state index contributed by atoms with van der Waals surface area (Å²) in [6, 6.07) is 7.46. The molecule has 0 fully saturated rings. The highest BCUT2D eigenvalue weighted by atomic mass is 35.5. The van der Waals surface area contributed by atoms with Gasteiger partial charge in [-0.2, -0.15) is 5.10 Å². The van der Waals surface area contributed by atoms with Crippen LogP contribution in [-0.2, 0) is 0 Å². The molecule has 0 saturated heterocycles. The maximum atomic E-state index is 5.93. The van der Waals surface area contributed by atoms with Gasteiger partial charge in [-0.05, 0) is 6.07 Å². The van der Waals surface area contributed by atoms with Gasteiger partial charge >= 0.3 is 0 Å². The molecule has 14 heavy (non-hydrogen) atoms. The summed E-state index contributed by atoms with van der Waals surface area (Å²) in [6.07, 6.45) is 4.56. The Morgan fingerprint density at radius 1 is 1.36 bits per heavy atom. The molecule has 0 atom stereocenters. The van der Waals surface area contributed by atoms with E-state index in [1.54, 1.807) is 6.21 Å². The summed E-state index contributed by atoms with van der Waals surface area (Å²) in [4.78, 5) is 5.13. The fourth-order valence-corrected chi connectivity index (χ4v) is 1.15. The third-order valence-electron chi connectivity index (χ3n) is 1.63. The number of nitrogens with zero attached hydrogens (tertiary/aromatic N) is 4. The van der Waals surface area contributed by atoms with E-state index in [-0.39, 0.29) is 0 Å². The zero-order chi connectivity index (χ0) is 9.80. The zero-order valence-electron chi connectivity index (χ0n) is 7.21. The smallest absolute Gasteiger partial charge is 0.139 e. The predicted octanol–water partition coefficient (Wildman–Crippen LogP) is 1.81. The van der Waals surface area contributed by atoms with Crippen molar-refractivity contribution in [3.8, 4) is 0 Å². The SMILES string of the molecule is Clc1ccccc1/C=N/n1cncn1. The Morgan fingerprint density at radius 3 is 2.93 bits per heavy atom. The lowest BCUT2D eigenvalue weighted by atomic mass is 10.2. The molecule has 0 unspecified atom stereocenters. The second-order valence-electron chi connectivity index (χ2n) is 2.58. The van der Waals surface area contributed by atoms with Gasteiger partial charge in [0.2, 0.25) is 0 Å². The first-order chi connectivity index (χ1) is 6.86. The third kappa shape index (κ3) is 1.97. The van der Waals surface area contributed by atoms with E-state index in [0.29, 0.717) is 5.02 Å². The van der Waals surface area contributed by atoms with Gasteiger partial charge in [-0.3, -0.25) is 0 Å². The third-order valence-corrected chi connectivity index (χ3v) is 1.97. The van der Waals surface area contributed by atoms with Gasteiger partial charge in [0.25, 0.3) is 0 Å². The largest absolute Gasteiger partial charge is 0.221 e. The molecule has 4 nitrogen and oxygen atoms in total. The van der Waals surface area contributed by atoms with Gasteiger partial charge in [0.1, 0.15) is 12.7 Å². The van der Waals surface area contributed by atoms with Crippen LogP contribution in [0, 0.1) is 0 Å². The Balaban J connectivity index is 2.23. The van der Waals surface area contributed by atoms with E-state index >= 15 is 0 Å². The van der Waals surface area contributed by atoms with Crippen molar-refractivity contribution in [3.05, 3.63) is 47.5 Å². The number of halogens is 1. The van der Waals surface area contributed by atoms with Crippen molar-refractivity contribution < 1.29 is 0 Å². The molecule has 0 bridgehead atoms. The quantitative estimate of drug-likeness (QED) is 0.704. The average Bonchev–Trinajstić information content (AvgIpc) is 2.69. The molecular weight excluding hydrogens is 200 g/mol. The Labute approximate surface area is 85.8 Å². The molecule has 1 aromatic heterocycles. The van der Waals surface area contributed by atoms with Gasteiger partial charge in [0.05, 0.1) is 6.21 Å². The van der Waals surface area contributed by atoms with Gasteiger partial charge in [-0.1, -0.05) is 29.8 Å². The highest BCUT2D eigenvalue weighted by Gasteiger charge is 1.93. The van der Waals surface area contributed by atoms with Crippen molar-refractivity contribution in [2.45, 2.75) is 0 Å². The summed E-state index contributed by atoms with van der Waals surface area (Å²) < 4.78 is 0. The van der Waals surface area contributed by atoms with Crippen LogP contribution in [-0.4, -0.2) is 21.1 Å². The van der Waals surface area contributed by atoms with E-state index in [0.717, 1.165) is 5.56 Å². The molecule has 0 N–H and O–H groups in total. The average molecular weight is 207 g/mol. The summed E-state index contributed by atoms with van der Waals surface area (Å²) in [5.74, 6) is 0. The fraction of sp³-hybridized carbons (Fsp3) is 0. The van der Waals surface area contributed by atoms with E-state index in [4.69, 9.17) is 11.6 Å². The molecule has 0 aliphatic rings. The van der Waals surface area contributed by atoms with Crippen LogP contribution in [0.15, 0.2) is 42.0 Å².